The van der Waals surface area contributed by atoms with E-state index in [0.29, 0.717) is 12.0 Å². The van der Waals surface area contributed by atoms with Crippen LogP contribution in [0.25, 0.3) is 0 Å². The first-order valence-corrected chi connectivity index (χ1v) is 6.90. The number of hydrogen-bond acceptors (Lipinski definition) is 1. The Kier molecular flexibility index (Phi) is 4.70. The van der Waals surface area contributed by atoms with Crippen LogP contribution in [0.15, 0.2) is 18.2 Å². The number of rotatable bonds is 3. The molecule has 2 atom stereocenters. The van der Waals surface area contributed by atoms with Gasteiger partial charge in [0.05, 0.1) is 0 Å². The van der Waals surface area contributed by atoms with Gasteiger partial charge in [-0.25, -0.2) is 8.78 Å². The zero-order valence-corrected chi connectivity index (χ0v) is 10.9. The van der Waals surface area contributed by atoms with Gasteiger partial charge < -0.3 is 5.32 Å². The number of hydrogen-bond donors (Lipinski definition) is 1. The fraction of sp³-hybridized carbons (Fsp3) is 0.600. The highest BCUT2D eigenvalue weighted by Crippen LogP contribution is 2.32. The van der Waals surface area contributed by atoms with E-state index in [-0.39, 0.29) is 0 Å². The Morgan fingerprint density at radius 1 is 1.11 bits per heavy atom. The molecule has 0 spiro atoms. The molecule has 18 heavy (non-hydrogen) atoms. The normalized spacial score (nSPS) is 24.8. The van der Waals surface area contributed by atoms with Crippen molar-refractivity contribution < 1.29 is 8.78 Å². The predicted molar refractivity (Wildman–Crippen MR) is 69.6 cm³/mol. The first-order chi connectivity index (χ1) is 8.72. The predicted octanol–water partition coefficient (Wildman–Crippen LogP) is 3.99. The quantitative estimate of drug-likeness (QED) is 0.803. The molecular formula is C15H21F2N. The molecule has 1 nitrogen and oxygen atoms in total. The fourth-order valence-corrected chi connectivity index (χ4v) is 2.96. The van der Waals surface area contributed by atoms with Crippen molar-refractivity contribution in [2.45, 2.75) is 51.0 Å². The second kappa shape index (κ2) is 6.28. The van der Waals surface area contributed by atoms with Crippen LogP contribution in [-0.2, 0) is 0 Å². The van der Waals surface area contributed by atoms with Crippen LogP contribution in [0.2, 0.25) is 0 Å². The number of nitrogens with one attached hydrogen (secondary N) is 1. The molecule has 0 heterocycles. The molecule has 0 amide bonds. The Morgan fingerprint density at radius 2 is 1.89 bits per heavy atom. The highest BCUT2D eigenvalue weighted by atomic mass is 19.2. The van der Waals surface area contributed by atoms with Gasteiger partial charge in [0, 0.05) is 6.04 Å². The molecule has 1 aliphatic rings. The summed E-state index contributed by atoms with van der Waals surface area (Å²) >= 11 is 0. The zero-order valence-electron chi connectivity index (χ0n) is 10.9. The van der Waals surface area contributed by atoms with Crippen molar-refractivity contribution in [2.24, 2.45) is 0 Å². The maximum Gasteiger partial charge on any atom is 0.159 e. The summed E-state index contributed by atoms with van der Waals surface area (Å²) < 4.78 is 26.4. The van der Waals surface area contributed by atoms with E-state index < -0.39 is 11.6 Å². The monoisotopic (exact) mass is 253 g/mol. The van der Waals surface area contributed by atoms with Gasteiger partial charge in [-0.05, 0) is 43.0 Å². The van der Waals surface area contributed by atoms with Gasteiger partial charge in [-0.1, -0.05) is 32.3 Å². The van der Waals surface area contributed by atoms with Crippen molar-refractivity contribution in [3.05, 3.63) is 35.4 Å². The molecule has 0 aromatic heterocycles. The minimum atomic E-state index is -0.757. The molecule has 0 bridgehead atoms. The Labute approximate surface area is 108 Å². The van der Waals surface area contributed by atoms with E-state index in [1.807, 2.05) is 0 Å². The molecule has 100 valence electrons. The SMILES string of the molecule is CCNC1CCCCCC1c1ccc(F)c(F)c1. The van der Waals surface area contributed by atoms with E-state index in [4.69, 9.17) is 0 Å². The molecule has 0 saturated heterocycles. The Hall–Kier alpha value is -0.960. The number of benzene rings is 1. The highest BCUT2D eigenvalue weighted by molar-refractivity contribution is 5.23. The molecule has 2 unspecified atom stereocenters. The van der Waals surface area contributed by atoms with Crippen LogP contribution in [0, 0.1) is 11.6 Å². The molecular weight excluding hydrogens is 232 g/mol. The molecule has 1 aromatic carbocycles. The van der Waals surface area contributed by atoms with E-state index in [0.717, 1.165) is 24.9 Å². The van der Waals surface area contributed by atoms with Crippen LogP contribution >= 0.6 is 0 Å². The summed E-state index contributed by atoms with van der Waals surface area (Å²) in [6.07, 6.45) is 5.81. The van der Waals surface area contributed by atoms with Crippen LogP contribution in [0.3, 0.4) is 0 Å². The van der Waals surface area contributed by atoms with Crippen LogP contribution in [0.5, 0.6) is 0 Å². The van der Waals surface area contributed by atoms with Gasteiger partial charge in [-0.15, -0.1) is 0 Å². The molecule has 0 radical (unpaired) electrons. The van der Waals surface area contributed by atoms with E-state index in [2.05, 4.69) is 12.2 Å². The average Bonchev–Trinajstić information content (AvgIpc) is 2.59. The second-order valence-electron chi connectivity index (χ2n) is 5.08. The Bertz CT molecular complexity index is 392. The maximum absolute atomic E-state index is 13.4. The van der Waals surface area contributed by atoms with Gasteiger partial charge in [0.1, 0.15) is 0 Å². The Morgan fingerprint density at radius 3 is 2.61 bits per heavy atom. The standard InChI is InChI=1S/C15H21F2N/c1-2-18-15-7-5-3-4-6-12(15)11-8-9-13(16)14(17)10-11/h8-10,12,15,18H,2-7H2,1H3. The van der Waals surface area contributed by atoms with Gasteiger partial charge >= 0.3 is 0 Å². The molecule has 1 fully saturated rings. The van der Waals surface area contributed by atoms with Crippen LogP contribution < -0.4 is 5.32 Å². The topological polar surface area (TPSA) is 12.0 Å². The Balaban J connectivity index is 2.22. The molecule has 1 aliphatic carbocycles. The minimum absolute atomic E-state index is 0.308. The smallest absolute Gasteiger partial charge is 0.159 e. The fourth-order valence-electron chi connectivity index (χ4n) is 2.96. The van der Waals surface area contributed by atoms with Crippen molar-refractivity contribution in [1.29, 1.82) is 0 Å². The largest absolute Gasteiger partial charge is 0.314 e. The maximum atomic E-state index is 13.4. The summed E-state index contributed by atoms with van der Waals surface area (Å²) in [6.45, 7) is 3.01. The van der Waals surface area contributed by atoms with Gasteiger partial charge in [0.25, 0.3) is 0 Å². The lowest BCUT2D eigenvalue weighted by molar-refractivity contribution is 0.416. The molecule has 3 heteroatoms. The first kappa shape index (κ1) is 13.5. The third kappa shape index (κ3) is 3.08. The number of halogens is 2. The third-order valence-corrected chi connectivity index (χ3v) is 3.85. The van der Waals surface area contributed by atoms with Crippen molar-refractivity contribution >= 4 is 0 Å². The lowest BCUT2D eigenvalue weighted by atomic mass is 9.87. The summed E-state index contributed by atoms with van der Waals surface area (Å²) in [5, 5.41) is 3.49. The van der Waals surface area contributed by atoms with Crippen molar-refractivity contribution in [3.63, 3.8) is 0 Å². The van der Waals surface area contributed by atoms with E-state index in [9.17, 15) is 8.78 Å². The van der Waals surface area contributed by atoms with Crippen LogP contribution in [0.4, 0.5) is 8.78 Å². The lowest BCUT2D eigenvalue weighted by Gasteiger charge is -2.26. The van der Waals surface area contributed by atoms with Gasteiger partial charge in [-0.3, -0.25) is 0 Å². The molecule has 1 N–H and O–H groups in total. The molecule has 2 rings (SSSR count). The second-order valence-corrected chi connectivity index (χ2v) is 5.08. The molecule has 1 saturated carbocycles. The summed E-state index contributed by atoms with van der Waals surface area (Å²) in [5.74, 6) is -1.18. The third-order valence-electron chi connectivity index (χ3n) is 3.85. The van der Waals surface area contributed by atoms with E-state index in [1.165, 1.54) is 31.4 Å². The van der Waals surface area contributed by atoms with Crippen molar-refractivity contribution in [1.82, 2.24) is 5.32 Å². The number of likely N-dealkylation sites (N-methyl/N-ethyl adjacent to an activating group) is 1. The van der Waals surface area contributed by atoms with Gasteiger partial charge in [0.2, 0.25) is 0 Å². The summed E-state index contributed by atoms with van der Waals surface area (Å²) in [6, 6.07) is 4.75. The minimum Gasteiger partial charge on any atom is -0.314 e. The summed E-state index contributed by atoms with van der Waals surface area (Å²) in [5.41, 5.74) is 0.932. The average molecular weight is 253 g/mol. The lowest BCUT2D eigenvalue weighted by Crippen LogP contribution is -2.34. The first-order valence-electron chi connectivity index (χ1n) is 6.90. The van der Waals surface area contributed by atoms with Crippen molar-refractivity contribution in [3.8, 4) is 0 Å². The highest BCUT2D eigenvalue weighted by Gasteiger charge is 2.25. The summed E-state index contributed by atoms with van der Waals surface area (Å²) in [7, 11) is 0. The van der Waals surface area contributed by atoms with Crippen molar-refractivity contribution in [2.75, 3.05) is 6.54 Å². The van der Waals surface area contributed by atoms with Gasteiger partial charge in [0.15, 0.2) is 11.6 Å². The van der Waals surface area contributed by atoms with Crippen LogP contribution in [-0.4, -0.2) is 12.6 Å². The van der Waals surface area contributed by atoms with E-state index in [1.54, 1.807) is 6.07 Å². The summed E-state index contributed by atoms with van der Waals surface area (Å²) in [4.78, 5) is 0. The molecule has 0 aliphatic heterocycles. The van der Waals surface area contributed by atoms with E-state index >= 15 is 0 Å². The van der Waals surface area contributed by atoms with Gasteiger partial charge in [-0.2, -0.15) is 0 Å². The zero-order chi connectivity index (χ0) is 13.0. The van der Waals surface area contributed by atoms with Crippen LogP contribution in [0.1, 0.15) is 50.5 Å². The molecule has 1 aromatic rings.